The number of methoxy groups -OCH3 is 2. The zero-order valence-electron chi connectivity index (χ0n) is 21.9. The van der Waals surface area contributed by atoms with Crippen LogP contribution < -0.4 is 25.2 Å². The first-order valence-electron chi connectivity index (χ1n) is 12.7. The minimum absolute atomic E-state index is 0.112. The van der Waals surface area contributed by atoms with Crippen molar-refractivity contribution in [3.63, 3.8) is 0 Å². The number of rotatable bonds is 6. The fraction of sp³-hybridized carbons (Fsp3) is 0.393. The predicted molar refractivity (Wildman–Crippen MR) is 140 cm³/mol. The van der Waals surface area contributed by atoms with Crippen molar-refractivity contribution in [2.45, 2.75) is 31.9 Å². The Labute approximate surface area is 223 Å². The van der Waals surface area contributed by atoms with Crippen LogP contribution in [0.15, 0.2) is 41.2 Å². The molecule has 1 aliphatic heterocycles. The van der Waals surface area contributed by atoms with Crippen LogP contribution in [-0.4, -0.2) is 50.0 Å². The number of nitrogens with zero attached hydrogens (tertiary/aromatic N) is 3. The van der Waals surface area contributed by atoms with E-state index in [1.54, 1.807) is 25.2 Å². The lowest BCUT2D eigenvalue weighted by Crippen LogP contribution is -2.30. The molecule has 1 saturated heterocycles. The molecular weight excluding hydrogens is 513 g/mol. The van der Waals surface area contributed by atoms with Gasteiger partial charge in [0.2, 0.25) is 5.91 Å². The molecule has 2 aromatic carbocycles. The Bertz CT molecular complexity index is 1460. The summed E-state index contributed by atoms with van der Waals surface area (Å²) in [5, 5.41) is 7.17. The summed E-state index contributed by atoms with van der Waals surface area (Å²) in [6.45, 7) is 0.871. The van der Waals surface area contributed by atoms with Crippen molar-refractivity contribution < 1.29 is 27.4 Å². The lowest BCUT2D eigenvalue weighted by molar-refractivity contribution is -0.137. The number of halogens is 3. The van der Waals surface area contributed by atoms with Crippen LogP contribution in [0, 0.1) is 5.92 Å². The number of amides is 1. The Morgan fingerprint density at radius 1 is 1.05 bits per heavy atom. The molecule has 2 aliphatic rings. The van der Waals surface area contributed by atoms with Gasteiger partial charge in [0, 0.05) is 43.0 Å². The number of nitrogens with one attached hydrogen (secondary N) is 1. The summed E-state index contributed by atoms with van der Waals surface area (Å²) in [5.41, 5.74) is 0.797. The topological polar surface area (TPSA) is 85.7 Å². The quantitative estimate of drug-likeness (QED) is 0.507. The van der Waals surface area contributed by atoms with Gasteiger partial charge in [-0.2, -0.15) is 23.0 Å². The fourth-order valence-electron chi connectivity index (χ4n) is 5.46. The molecule has 1 aliphatic carbocycles. The maximum Gasteiger partial charge on any atom is 0.418 e. The summed E-state index contributed by atoms with van der Waals surface area (Å²) in [7, 11) is 4.57. The first-order valence-corrected chi connectivity index (χ1v) is 12.7. The van der Waals surface area contributed by atoms with Crippen LogP contribution in [0.1, 0.15) is 29.5 Å². The van der Waals surface area contributed by atoms with E-state index in [1.165, 1.54) is 26.4 Å². The number of carbonyl (C=O) groups is 1. The van der Waals surface area contributed by atoms with Gasteiger partial charge < -0.3 is 19.7 Å². The smallest absolute Gasteiger partial charge is 0.418 e. The Hall–Kier alpha value is -4.02. The number of hydrogen-bond acceptors (Lipinski definition) is 6. The number of ether oxygens (including phenoxy) is 2. The molecule has 0 spiro atoms. The number of carbonyl (C=O) groups excluding carboxylic acids is 1. The number of alkyl halides is 3. The third-order valence-electron chi connectivity index (χ3n) is 7.46. The van der Waals surface area contributed by atoms with Gasteiger partial charge in [-0.3, -0.25) is 9.59 Å². The zero-order valence-corrected chi connectivity index (χ0v) is 21.9. The second-order valence-corrected chi connectivity index (χ2v) is 9.72. The van der Waals surface area contributed by atoms with E-state index < -0.39 is 17.3 Å². The Morgan fingerprint density at radius 3 is 2.38 bits per heavy atom. The highest BCUT2D eigenvalue weighted by molar-refractivity contribution is 5.80. The molecule has 8 nitrogen and oxygen atoms in total. The monoisotopic (exact) mass is 542 g/mol. The van der Waals surface area contributed by atoms with Gasteiger partial charge in [-0.15, -0.1) is 0 Å². The zero-order chi connectivity index (χ0) is 27.9. The molecule has 0 saturated carbocycles. The SMILES string of the molecule is CNC(=O)C1CCN(c2ccc(C(F)(F)F)c(-n3nc(-c4cc(OC)cc(OC)c4)c4c(c3=O)CCC4)c2)C1. The molecule has 0 radical (unpaired) electrons. The van der Waals surface area contributed by atoms with Crippen LogP contribution in [0.4, 0.5) is 18.9 Å². The maximum atomic E-state index is 14.2. The van der Waals surface area contributed by atoms with Crippen LogP contribution in [0.2, 0.25) is 0 Å². The van der Waals surface area contributed by atoms with Gasteiger partial charge in [-0.05, 0) is 61.6 Å². The van der Waals surface area contributed by atoms with Crippen LogP contribution in [0.25, 0.3) is 16.9 Å². The summed E-state index contributed by atoms with van der Waals surface area (Å²) < 4.78 is 54.4. The van der Waals surface area contributed by atoms with Crippen molar-refractivity contribution in [2.75, 3.05) is 39.3 Å². The van der Waals surface area contributed by atoms with Gasteiger partial charge >= 0.3 is 6.18 Å². The van der Waals surface area contributed by atoms with E-state index in [0.717, 1.165) is 16.3 Å². The summed E-state index contributed by atoms with van der Waals surface area (Å²) in [4.78, 5) is 27.6. The molecule has 2 heterocycles. The number of fused-ring (bicyclic) bond motifs is 1. The second-order valence-electron chi connectivity index (χ2n) is 9.72. The molecule has 39 heavy (non-hydrogen) atoms. The summed E-state index contributed by atoms with van der Waals surface area (Å²) in [5.74, 6) is 0.609. The van der Waals surface area contributed by atoms with Crippen LogP contribution >= 0.6 is 0 Å². The van der Waals surface area contributed by atoms with Crippen molar-refractivity contribution in [3.8, 4) is 28.4 Å². The lowest BCUT2D eigenvalue weighted by Gasteiger charge is -2.22. The van der Waals surface area contributed by atoms with Crippen molar-refractivity contribution in [2.24, 2.45) is 5.92 Å². The van der Waals surface area contributed by atoms with Gasteiger partial charge in [0.25, 0.3) is 5.56 Å². The average Bonchev–Trinajstić information content (AvgIpc) is 3.63. The second kappa shape index (κ2) is 10.3. The largest absolute Gasteiger partial charge is 0.497 e. The molecule has 1 fully saturated rings. The molecule has 3 aromatic rings. The number of hydrogen-bond donors (Lipinski definition) is 1. The third-order valence-corrected chi connectivity index (χ3v) is 7.46. The Kier molecular flexibility index (Phi) is 7.00. The van der Waals surface area contributed by atoms with E-state index in [4.69, 9.17) is 9.47 Å². The van der Waals surface area contributed by atoms with E-state index in [9.17, 15) is 22.8 Å². The highest BCUT2D eigenvalue weighted by atomic mass is 19.4. The summed E-state index contributed by atoms with van der Waals surface area (Å²) in [6.07, 6.45) is -2.40. The Morgan fingerprint density at radius 2 is 1.74 bits per heavy atom. The van der Waals surface area contributed by atoms with Crippen molar-refractivity contribution in [1.82, 2.24) is 15.1 Å². The molecule has 11 heteroatoms. The van der Waals surface area contributed by atoms with Gasteiger partial charge in [0.05, 0.1) is 37.1 Å². The van der Waals surface area contributed by atoms with Crippen LogP contribution in [0.3, 0.4) is 0 Å². The number of aromatic nitrogens is 2. The standard InChI is InChI=1S/C28H29F3N4O4/c1-32-26(36)16-9-10-34(15-16)18-7-8-23(28(29,30)31)24(13-18)35-27(37)22-6-4-5-21(22)25(33-35)17-11-19(38-2)14-20(12-17)39-3/h7-8,11-14,16H,4-6,9-10,15H2,1-3H3,(H,32,36). The summed E-state index contributed by atoms with van der Waals surface area (Å²) in [6, 6.07) is 8.84. The molecule has 1 amide bonds. The maximum absolute atomic E-state index is 14.2. The van der Waals surface area contributed by atoms with E-state index in [2.05, 4.69) is 10.4 Å². The molecule has 0 bridgehead atoms. The normalized spacial score (nSPS) is 16.8. The van der Waals surface area contributed by atoms with Gasteiger partial charge in [-0.25, -0.2) is 0 Å². The third kappa shape index (κ3) is 4.93. The van der Waals surface area contributed by atoms with Crippen LogP contribution in [0.5, 0.6) is 11.5 Å². The van der Waals surface area contributed by atoms with E-state index >= 15 is 0 Å². The molecule has 1 N–H and O–H groups in total. The van der Waals surface area contributed by atoms with Gasteiger partial charge in [0.1, 0.15) is 11.5 Å². The number of anilines is 1. The Balaban J connectivity index is 1.69. The highest BCUT2D eigenvalue weighted by Crippen LogP contribution is 2.38. The van der Waals surface area contributed by atoms with Crippen LogP contribution in [-0.2, 0) is 23.8 Å². The highest BCUT2D eigenvalue weighted by Gasteiger charge is 2.37. The fourth-order valence-corrected chi connectivity index (χ4v) is 5.46. The van der Waals surface area contributed by atoms with E-state index in [1.807, 2.05) is 4.90 Å². The molecule has 5 rings (SSSR count). The first-order chi connectivity index (χ1) is 18.6. The summed E-state index contributed by atoms with van der Waals surface area (Å²) >= 11 is 0. The molecule has 1 unspecified atom stereocenters. The van der Waals surface area contributed by atoms with E-state index in [0.29, 0.717) is 72.8 Å². The molecule has 1 aromatic heterocycles. The van der Waals surface area contributed by atoms with Gasteiger partial charge in [0.15, 0.2) is 0 Å². The van der Waals surface area contributed by atoms with Gasteiger partial charge in [-0.1, -0.05) is 0 Å². The van der Waals surface area contributed by atoms with E-state index in [-0.39, 0.29) is 17.5 Å². The molecular formula is C28H29F3N4O4. The molecule has 206 valence electrons. The van der Waals surface area contributed by atoms with Crippen molar-refractivity contribution in [3.05, 3.63) is 63.4 Å². The first kappa shape index (κ1) is 26.6. The average molecular weight is 543 g/mol. The minimum Gasteiger partial charge on any atom is -0.497 e. The number of benzene rings is 2. The van der Waals surface area contributed by atoms with Crippen molar-refractivity contribution in [1.29, 1.82) is 0 Å². The lowest BCUT2D eigenvalue weighted by atomic mass is 10.0. The molecule has 1 atom stereocenters. The predicted octanol–water partition coefficient (Wildman–Crippen LogP) is 4.00. The van der Waals surface area contributed by atoms with Crippen molar-refractivity contribution >= 4 is 11.6 Å². The minimum atomic E-state index is -4.72.